The molecule has 3 aromatic heterocycles. The lowest BCUT2D eigenvalue weighted by molar-refractivity contribution is 0.829. The number of nitrogens with zero attached hydrogens (tertiary/aromatic N) is 5. The molecule has 0 radical (unpaired) electrons. The van der Waals surface area contributed by atoms with E-state index in [0.717, 1.165) is 53.3 Å². The fraction of sp³-hybridized carbons (Fsp3) is 0.273. The lowest BCUT2D eigenvalue weighted by Crippen LogP contribution is -2.10. The third-order valence-corrected chi connectivity index (χ3v) is 5.37. The topological polar surface area (TPSA) is 68.5 Å². The van der Waals surface area contributed by atoms with Gasteiger partial charge in [0.05, 0.1) is 17.6 Å². The van der Waals surface area contributed by atoms with Crippen molar-refractivity contribution in [3.05, 3.63) is 65.2 Å². The molecule has 0 atom stereocenters. The summed E-state index contributed by atoms with van der Waals surface area (Å²) in [7, 11) is 2.06. The molecule has 6 heteroatoms. The predicted octanol–water partition coefficient (Wildman–Crippen LogP) is 3.83. The third-order valence-electron chi connectivity index (χ3n) is 5.37. The highest BCUT2D eigenvalue weighted by Crippen LogP contribution is 2.29. The largest absolute Gasteiger partial charge is 0.362 e. The number of hydrogen-bond acceptors (Lipinski definition) is 5. The average molecular weight is 370 g/mol. The predicted molar refractivity (Wildman–Crippen MR) is 110 cm³/mol. The van der Waals surface area contributed by atoms with E-state index in [1.54, 1.807) is 6.20 Å². The van der Waals surface area contributed by atoms with Crippen LogP contribution in [-0.4, -0.2) is 24.5 Å². The highest BCUT2D eigenvalue weighted by Gasteiger charge is 2.20. The maximum atomic E-state index is 4.81. The van der Waals surface area contributed by atoms with Crippen molar-refractivity contribution in [2.75, 3.05) is 5.32 Å². The summed E-state index contributed by atoms with van der Waals surface area (Å²) in [5.74, 6) is 2.58. The van der Waals surface area contributed by atoms with Crippen molar-refractivity contribution in [2.24, 2.45) is 7.05 Å². The summed E-state index contributed by atoms with van der Waals surface area (Å²) in [6.45, 7) is 2.71. The Labute approximate surface area is 163 Å². The van der Waals surface area contributed by atoms with Crippen LogP contribution in [0.4, 0.5) is 5.82 Å². The van der Waals surface area contributed by atoms with E-state index in [0.29, 0.717) is 12.4 Å². The van der Waals surface area contributed by atoms with Gasteiger partial charge in [0.2, 0.25) is 0 Å². The Hall–Kier alpha value is -3.28. The van der Waals surface area contributed by atoms with Gasteiger partial charge >= 0.3 is 0 Å². The Bertz CT molecular complexity index is 1160. The first kappa shape index (κ1) is 16.9. The Morgan fingerprint density at radius 2 is 2.00 bits per heavy atom. The summed E-state index contributed by atoms with van der Waals surface area (Å²) in [4.78, 5) is 18.8. The number of hydrogen-bond donors (Lipinski definition) is 1. The van der Waals surface area contributed by atoms with Gasteiger partial charge in [0.15, 0.2) is 5.82 Å². The highest BCUT2D eigenvalue weighted by atomic mass is 15.1. The minimum atomic E-state index is 0.620. The van der Waals surface area contributed by atoms with Crippen LogP contribution in [0, 0.1) is 6.92 Å². The number of aryl methyl sites for hydroxylation is 3. The van der Waals surface area contributed by atoms with Gasteiger partial charge in [-0.1, -0.05) is 12.1 Å². The summed E-state index contributed by atoms with van der Waals surface area (Å²) in [6, 6.07) is 12.2. The van der Waals surface area contributed by atoms with E-state index in [1.807, 2.05) is 18.2 Å². The van der Waals surface area contributed by atoms with E-state index in [-0.39, 0.29) is 0 Å². The number of rotatable bonds is 4. The van der Waals surface area contributed by atoms with Crippen LogP contribution in [0.2, 0.25) is 0 Å². The lowest BCUT2D eigenvalue weighted by Gasteiger charge is -2.12. The molecule has 3 heterocycles. The van der Waals surface area contributed by atoms with Crippen molar-refractivity contribution < 1.29 is 0 Å². The van der Waals surface area contributed by atoms with Crippen molar-refractivity contribution in [1.29, 1.82) is 0 Å². The Morgan fingerprint density at radius 3 is 2.86 bits per heavy atom. The standard InChI is InChI=1S/C22H22N6/c1-14-9-10-19-18(12-14)25-20(28(19)2)13-24-21-15-6-5-8-16(15)26-22(27-21)17-7-3-4-11-23-17/h3-4,7,9-12H,5-6,8,13H2,1-2H3,(H,24,26,27). The summed E-state index contributed by atoms with van der Waals surface area (Å²) in [5.41, 5.74) is 6.57. The second-order valence-electron chi connectivity index (χ2n) is 7.32. The van der Waals surface area contributed by atoms with Gasteiger partial charge in [0, 0.05) is 24.5 Å². The van der Waals surface area contributed by atoms with Crippen molar-refractivity contribution in [2.45, 2.75) is 32.7 Å². The Morgan fingerprint density at radius 1 is 1.07 bits per heavy atom. The lowest BCUT2D eigenvalue weighted by atomic mass is 10.2. The number of nitrogens with one attached hydrogen (secondary N) is 1. The number of aromatic nitrogens is 5. The molecule has 0 fully saturated rings. The molecule has 1 aliphatic rings. The van der Waals surface area contributed by atoms with Crippen LogP contribution < -0.4 is 5.32 Å². The first-order valence-electron chi connectivity index (χ1n) is 9.66. The van der Waals surface area contributed by atoms with Gasteiger partial charge < -0.3 is 9.88 Å². The molecule has 0 spiro atoms. The molecular formula is C22H22N6. The molecular weight excluding hydrogens is 348 g/mol. The second kappa shape index (κ2) is 6.71. The molecule has 0 saturated carbocycles. The highest BCUT2D eigenvalue weighted by molar-refractivity contribution is 5.76. The quantitative estimate of drug-likeness (QED) is 0.591. The smallest absolute Gasteiger partial charge is 0.180 e. The van der Waals surface area contributed by atoms with Crippen LogP contribution in [0.3, 0.4) is 0 Å². The van der Waals surface area contributed by atoms with Crippen LogP contribution in [0.25, 0.3) is 22.6 Å². The van der Waals surface area contributed by atoms with Crippen LogP contribution in [-0.2, 0) is 26.4 Å². The zero-order valence-electron chi connectivity index (χ0n) is 16.1. The van der Waals surface area contributed by atoms with Gasteiger partial charge in [-0.3, -0.25) is 4.98 Å². The zero-order chi connectivity index (χ0) is 19.1. The third kappa shape index (κ3) is 2.91. The molecule has 1 aliphatic carbocycles. The summed E-state index contributed by atoms with van der Waals surface area (Å²) in [5, 5.41) is 3.53. The van der Waals surface area contributed by atoms with Crippen molar-refractivity contribution in [1.82, 2.24) is 24.5 Å². The second-order valence-corrected chi connectivity index (χ2v) is 7.32. The Balaban J connectivity index is 1.49. The molecule has 0 amide bonds. The average Bonchev–Trinajstić information content (AvgIpc) is 3.31. The van der Waals surface area contributed by atoms with Gasteiger partial charge in [-0.25, -0.2) is 15.0 Å². The molecule has 4 aromatic rings. The van der Waals surface area contributed by atoms with Gasteiger partial charge in [-0.15, -0.1) is 0 Å². The summed E-state index contributed by atoms with van der Waals surface area (Å²) < 4.78 is 2.14. The van der Waals surface area contributed by atoms with Crippen LogP contribution in [0.5, 0.6) is 0 Å². The summed E-state index contributed by atoms with van der Waals surface area (Å²) in [6.07, 6.45) is 4.91. The number of anilines is 1. The molecule has 28 heavy (non-hydrogen) atoms. The minimum absolute atomic E-state index is 0.620. The fourth-order valence-corrected chi connectivity index (χ4v) is 3.87. The van der Waals surface area contributed by atoms with Gasteiger partial charge in [0.25, 0.3) is 0 Å². The molecule has 5 rings (SSSR count). The van der Waals surface area contributed by atoms with Crippen molar-refractivity contribution in [3.8, 4) is 11.5 Å². The number of fused-ring (bicyclic) bond motifs is 2. The molecule has 0 aliphatic heterocycles. The minimum Gasteiger partial charge on any atom is -0.362 e. The molecule has 1 aromatic carbocycles. The molecule has 140 valence electrons. The molecule has 0 saturated heterocycles. The van der Waals surface area contributed by atoms with Crippen LogP contribution in [0.15, 0.2) is 42.6 Å². The van der Waals surface area contributed by atoms with E-state index in [4.69, 9.17) is 15.0 Å². The maximum Gasteiger partial charge on any atom is 0.180 e. The van der Waals surface area contributed by atoms with E-state index in [9.17, 15) is 0 Å². The number of imidazole rings is 1. The van der Waals surface area contributed by atoms with E-state index >= 15 is 0 Å². The van der Waals surface area contributed by atoms with Gasteiger partial charge in [-0.2, -0.15) is 0 Å². The first-order chi connectivity index (χ1) is 13.7. The van der Waals surface area contributed by atoms with E-state index in [2.05, 4.69) is 47.0 Å². The van der Waals surface area contributed by atoms with Gasteiger partial charge in [-0.05, 0) is 56.0 Å². The fourth-order valence-electron chi connectivity index (χ4n) is 3.87. The SMILES string of the molecule is Cc1ccc2c(c1)nc(CNc1nc(-c3ccccn3)nc3c1CCC3)n2C. The Kier molecular flexibility index (Phi) is 4.04. The van der Waals surface area contributed by atoms with E-state index in [1.165, 1.54) is 11.1 Å². The maximum absolute atomic E-state index is 4.81. The molecule has 6 nitrogen and oxygen atoms in total. The van der Waals surface area contributed by atoms with Crippen molar-refractivity contribution in [3.63, 3.8) is 0 Å². The number of benzene rings is 1. The summed E-state index contributed by atoms with van der Waals surface area (Å²) >= 11 is 0. The van der Waals surface area contributed by atoms with E-state index < -0.39 is 0 Å². The van der Waals surface area contributed by atoms with Crippen LogP contribution in [0.1, 0.15) is 29.1 Å². The van der Waals surface area contributed by atoms with Gasteiger partial charge in [0.1, 0.15) is 17.3 Å². The monoisotopic (exact) mass is 370 g/mol. The van der Waals surface area contributed by atoms with Crippen LogP contribution >= 0.6 is 0 Å². The first-order valence-corrected chi connectivity index (χ1v) is 9.66. The normalized spacial score (nSPS) is 13.1. The zero-order valence-corrected chi connectivity index (χ0v) is 16.1. The molecule has 0 unspecified atom stereocenters. The molecule has 1 N–H and O–H groups in total. The number of pyridine rings is 1. The van der Waals surface area contributed by atoms with Crippen molar-refractivity contribution >= 4 is 16.9 Å². The molecule has 0 bridgehead atoms.